The molecule has 7 heteroatoms. The van der Waals surface area contributed by atoms with Crippen LogP contribution < -0.4 is 5.32 Å². The summed E-state index contributed by atoms with van der Waals surface area (Å²) in [5.74, 6) is 2.59. The van der Waals surface area contributed by atoms with Crippen molar-refractivity contribution in [2.75, 3.05) is 18.4 Å². The molecule has 3 rings (SSSR count). The molecule has 3 heterocycles. The van der Waals surface area contributed by atoms with Gasteiger partial charge in [-0.1, -0.05) is 20.8 Å². The lowest BCUT2D eigenvalue weighted by Crippen LogP contribution is -2.31. The van der Waals surface area contributed by atoms with Crippen LogP contribution >= 0.6 is 0 Å². The van der Waals surface area contributed by atoms with Gasteiger partial charge in [0.2, 0.25) is 5.91 Å². The molecule has 1 atom stereocenters. The number of nitrogens with one attached hydrogen (secondary N) is 1. The number of carbonyl (C=O) groups is 1. The van der Waals surface area contributed by atoms with Crippen LogP contribution in [0.2, 0.25) is 0 Å². The monoisotopic (exact) mass is 344 g/mol. The highest BCUT2D eigenvalue weighted by molar-refractivity contribution is 5.83. The van der Waals surface area contributed by atoms with Gasteiger partial charge in [0.15, 0.2) is 17.0 Å². The molecule has 1 N–H and O–H groups in total. The van der Waals surface area contributed by atoms with Crippen LogP contribution in [0.25, 0.3) is 11.2 Å². The molecule has 0 aliphatic carbocycles. The van der Waals surface area contributed by atoms with Gasteiger partial charge in [0.1, 0.15) is 12.2 Å². The molecule has 0 radical (unpaired) electrons. The van der Waals surface area contributed by atoms with Crippen LogP contribution in [0, 0.1) is 5.92 Å². The molecule has 0 bridgehead atoms. The second-order valence-corrected chi connectivity index (χ2v) is 7.09. The number of amides is 1. The van der Waals surface area contributed by atoms with Crippen LogP contribution in [0.5, 0.6) is 0 Å². The van der Waals surface area contributed by atoms with E-state index in [0.717, 1.165) is 55.3 Å². The van der Waals surface area contributed by atoms with Crippen LogP contribution in [0.3, 0.4) is 0 Å². The molecule has 1 aliphatic heterocycles. The first-order valence-corrected chi connectivity index (χ1v) is 9.27. The third kappa shape index (κ3) is 3.60. The van der Waals surface area contributed by atoms with Gasteiger partial charge in [-0.2, -0.15) is 0 Å². The fourth-order valence-corrected chi connectivity index (χ4v) is 3.46. The van der Waals surface area contributed by atoms with E-state index in [1.165, 1.54) is 0 Å². The molecule has 0 spiro atoms. The van der Waals surface area contributed by atoms with Crippen molar-refractivity contribution >= 4 is 22.9 Å². The number of anilines is 1. The lowest BCUT2D eigenvalue weighted by Gasteiger charge is -2.16. The molecule has 2 aromatic rings. The normalized spacial score (nSPS) is 17.6. The van der Waals surface area contributed by atoms with Gasteiger partial charge in [-0.05, 0) is 19.3 Å². The van der Waals surface area contributed by atoms with Gasteiger partial charge in [-0.3, -0.25) is 4.79 Å². The molecule has 7 nitrogen and oxygen atoms in total. The number of hydrogen-bond donors (Lipinski definition) is 1. The predicted octanol–water partition coefficient (Wildman–Crippen LogP) is 2.47. The summed E-state index contributed by atoms with van der Waals surface area (Å²) in [6.07, 6.45) is 4.02. The lowest BCUT2D eigenvalue weighted by molar-refractivity contribution is -0.129. The van der Waals surface area contributed by atoms with E-state index >= 15 is 0 Å². The number of rotatable bonds is 6. The second-order valence-electron chi connectivity index (χ2n) is 7.09. The van der Waals surface area contributed by atoms with Crippen LogP contribution in [-0.2, 0) is 17.8 Å². The van der Waals surface area contributed by atoms with E-state index in [2.05, 4.69) is 40.6 Å². The quantitative estimate of drug-likeness (QED) is 0.871. The number of aryl methyl sites for hydroxylation is 1. The van der Waals surface area contributed by atoms with E-state index in [0.29, 0.717) is 12.3 Å². The van der Waals surface area contributed by atoms with E-state index < -0.39 is 0 Å². The van der Waals surface area contributed by atoms with Gasteiger partial charge < -0.3 is 14.8 Å². The number of fused-ring (bicyclic) bond motifs is 1. The fourth-order valence-electron chi connectivity index (χ4n) is 3.46. The molecule has 2 aromatic heterocycles. The Kier molecular flexibility index (Phi) is 5.20. The first-order chi connectivity index (χ1) is 12.0. The second kappa shape index (κ2) is 7.37. The Balaban J connectivity index is 1.85. The minimum Gasteiger partial charge on any atom is -0.364 e. The van der Waals surface area contributed by atoms with Gasteiger partial charge >= 0.3 is 0 Å². The highest BCUT2D eigenvalue weighted by atomic mass is 16.2. The largest absolute Gasteiger partial charge is 0.364 e. The Labute approximate surface area is 148 Å². The SMILES string of the molecule is CCC(=O)N1CCC(Nc2ncnc3c2nc(CC(C)C)n3CC)C1. The highest BCUT2D eigenvalue weighted by Gasteiger charge is 2.26. The van der Waals surface area contributed by atoms with Gasteiger partial charge in [-0.25, -0.2) is 15.0 Å². The third-order valence-electron chi connectivity index (χ3n) is 4.70. The maximum atomic E-state index is 11.9. The molecule has 1 unspecified atom stereocenters. The molecular weight excluding hydrogens is 316 g/mol. The van der Waals surface area contributed by atoms with Crippen molar-refractivity contribution in [1.82, 2.24) is 24.4 Å². The average molecular weight is 344 g/mol. The molecule has 136 valence electrons. The zero-order valence-electron chi connectivity index (χ0n) is 15.6. The standard InChI is InChI=1S/C18H28N6O/c1-5-15(25)23-8-7-13(10-23)21-17-16-18(20-11-19-17)24(6-2)14(22-16)9-12(3)4/h11-13H,5-10H2,1-4H3,(H,19,20,21). The molecule has 0 aromatic carbocycles. The lowest BCUT2D eigenvalue weighted by atomic mass is 10.1. The van der Waals surface area contributed by atoms with Crippen molar-refractivity contribution in [1.29, 1.82) is 0 Å². The van der Waals surface area contributed by atoms with Crippen molar-refractivity contribution in [3.8, 4) is 0 Å². The van der Waals surface area contributed by atoms with Crippen LogP contribution in [-0.4, -0.2) is 49.5 Å². The van der Waals surface area contributed by atoms with Crippen molar-refractivity contribution in [3.05, 3.63) is 12.2 Å². The molecule has 0 saturated carbocycles. The summed E-state index contributed by atoms with van der Waals surface area (Å²) in [5, 5.41) is 3.49. The summed E-state index contributed by atoms with van der Waals surface area (Å²) in [5.41, 5.74) is 1.72. The highest BCUT2D eigenvalue weighted by Crippen LogP contribution is 2.24. The molecule has 1 fully saturated rings. The Morgan fingerprint density at radius 2 is 2.16 bits per heavy atom. The fraction of sp³-hybridized carbons (Fsp3) is 0.667. The molecular formula is C18H28N6O. The smallest absolute Gasteiger partial charge is 0.222 e. The Bertz CT molecular complexity index is 753. The van der Waals surface area contributed by atoms with Gasteiger partial charge in [0, 0.05) is 38.5 Å². The maximum Gasteiger partial charge on any atom is 0.222 e. The first-order valence-electron chi connectivity index (χ1n) is 9.27. The molecule has 1 amide bonds. The van der Waals surface area contributed by atoms with Crippen LogP contribution in [0.1, 0.15) is 46.4 Å². The summed E-state index contributed by atoms with van der Waals surface area (Å²) in [6, 6.07) is 0.217. The van der Waals surface area contributed by atoms with Crippen LogP contribution in [0.15, 0.2) is 6.33 Å². The molecule has 25 heavy (non-hydrogen) atoms. The zero-order valence-corrected chi connectivity index (χ0v) is 15.6. The summed E-state index contributed by atoms with van der Waals surface area (Å²) >= 11 is 0. The van der Waals surface area contributed by atoms with Crippen LogP contribution in [0.4, 0.5) is 5.82 Å². The maximum absolute atomic E-state index is 11.9. The van der Waals surface area contributed by atoms with Gasteiger partial charge in [0.05, 0.1) is 0 Å². The Morgan fingerprint density at radius 1 is 1.36 bits per heavy atom. The minimum absolute atomic E-state index is 0.214. The summed E-state index contributed by atoms with van der Waals surface area (Å²) in [7, 11) is 0. The van der Waals surface area contributed by atoms with Crippen molar-refractivity contribution in [2.45, 2.75) is 59.5 Å². The molecule has 1 saturated heterocycles. The Morgan fingerprint density at radius 3 is 2.84 bits per heavy atom. The predicted molar refractivity (Wildman–Crippen MR) is 98.4 cm³/mol. The van der Waals surface area contributed by atoms with E-state index in [9.17, 15) is 4.79 Å². The van der Waals surface area contributed by atoms with Crippen molar-refractivity contribution in [3.63, 3.8) is 0 Å². The summed E-state index contributed by atoms with van der Waals surface area (Å²) in [4.78, 5) is 27.5. The number of aromatic nitrogens is 4. The van der Waals surface area contributed by atoms with E-state index in [1.54, 1.807) is 6.33 Å². The molecule has 1 aliphatic rings. The number of likely N-dealkylation sites (tertiary alicyclic amines) is 1. The first kappa shape index (κ1) is 17.6. The van der Waals surface area contributed by atoms with Crippen molar-refractivity contribution < 1.29 is 4.79 Å². The van der Waals surface area contributed by atoms with Crippen molar-refractivity contribution in [2.24, 2.45) is 5.92 Å². The number of hydrogen-bond acceptors (Lipinski definition) is 5. The zero-order chi connectivity index (χ0) is 18.0. The summed E-state index contributed by atoms with van der Waals surface area (Å²) < 4.78 is 2.17. The number of carbonyl (C=O) groups excluding carboxylic acids is 1. The van der Waals surface area contributed by atoms with Gasteiger partial charge in [-0.15, -0.1) is 0 Å². The van der Waals surface area contributed by atoms with E-state index in [1.807, 2.05) is 11.8 Å². The Hall–Kier alpha value is -2.18. The topological polar surface area (TPSA) is 75.9 Å². The van der Waals surface area contributed by atoms with E-state index in [4.69, 9.17) is 4.98 Å². The number of imidazole rings is 1. The van der Waals surface area contributed by atoms with E-state index in [-0.39, 0.29) is 11.9 Å². The average Bonchev–Trinajstić information content (AvgIpc) is 3.18. The third-order valence-corrected chi connectivity index (χ3v) is 4.70. The van der Waals surface area contributed by atoms with Gasteiger partial charge in [0.25, 0.3) is 0 Å². The number of nitrogens with zero attached hydrogens (tertiary/aromatic N) is 5. The minimum atomic E-state index is 0.214. The summed E-state index contributed by atoms with van der Waals surface area (Å²) in [6.45, 7) is 10.8.